The molecule has 21 heavy (non-hydrogen) atoms. The van der Waals surface area contributed by atoms with Gasteiger partial charge in [0.15, 0.2) is 6.61 Å². The van der Waals surface area contributed by atoms with Crippen LogP contribution in [0.15, 0.2) is 24.3 Å². The van der Waals surface area contributed by atoms with Crippen LogP contribution in [0.3, 0.4) is 0 Å². The van der Waals surface area contributed by atoms with Crippen molar-refractivity contribution in [2.45, 2.75) is 32.7 Å². The number of carbonyl (C=O) groups is 1. The first-order valence-electron chi connectivity index (χ1n) is 7.44. The van der Waals surface area contributed by atoms with Crippen LogP contribution in [0.25, 0.3) is 0 Å². The lowest BCUT2D eigenvalue weighted by Crippen LogP contribution is -2.16. The van der Waals surface area contributed by atoms with Crippen LogP contribution in [-0.4, -0.2) is 37.4 Å². The molecule has 5 heteroatoms. The van der Waals surface area contributed by atoms with Gasteiger partial charge in [0.2, 0.25) is 0 Å². The molecule has 0 amide bonds. The smallest absolute Gasteiger partial charge is 0.341 e. The summed E-state index contributed by atoms with van der Waals surface area (Å²) in [5, 5.41) is 11.9. The molecular weight excluding hydrogens is 270 g/mol. The van der Waals surface area contributed by atoms with E-state index in [1.807, 2.05) is 18.2 Å². The van der Waals surface area contributed by atoms with Gasteiger partial charge in [-0.1, -0.05) is 25.5 Å². The number of ether oxygens (including phenoxy) is 2. The van der Waals surface area contributed by atoms with Crippen LogP contribution >= 0.6 is 0 Å². The summed E-state index contributed by atoms with van der Waals surface area (Å²) < 4.78 is 10.6. The fraction of sp³-hybridized carbons (Fsp3) is 0.562. The highest BCUT2D eigenvalue weighted by atomic mass is 16.5. The van der Waals surface area contributed by atoms with Gasteiger partial charge in [-0.25, -0.2) is 4.79 Å². The van der Waals surface area contributed by atoms with E-state index >= 15 is 0 Å². The quantitative estimate of drug-likeness (QED) is 0.580. The Bertz CT molecular complexity index is 409. The van der Waals surface area contributed by atoms with Gasteiger partial charge in [0.25, 0.3) is 0 Å². The number of rotatable bonds is 12. The Morgan fingerprint density at radius 2 is 2.10 bits per heavy atom. The Morgan fingerprint density at radius 3 is 2.86 bits per heavy atom. The first-order valence-corrected chi connectivity index (χ1v) is 7.44. The van der Waals surface area contributed by atoms with E-state index in [1.54, 1.807) is 6.07 Å². The molecule has 0 aliphatic rings. The standard InChI is InChI=1S/C16H25NO4/c1-2-3-9-20-10-5-8-17-12-14-6-4-7-15(11-14)21-13-16(18)19/h4,6-7,11,17H,2-3,5,8-10,12-13H2,1H3,(H,18,19). The van der Waals surface area contributed by atoms with E-state index in [0.29, 0.717) is 5.75 Å². The van der Waals surface area contributed by atoms with E-state index < -0.39 is 5.97 Å². The Morgan fingerprint density at radius 1 is 1.29 bits per heavy atom. The van der Waals surface area contributed by atoms with E-state index in [-0.39, 0.29) is 6.61 Å². The molecule has 0 heterocycles. The van der Waals surface area contributed by atoms with Crippen molar-refractivity contribution < 1.29 is 19.4 Å². The summed E-state index contributed by atoms with van der Waals surface area (Å²) >= 11 is 0. The Labute approximate surface area is 126 Å². The summed E-state index contributed by atoms with van der Waals surface area (Å²) in [7, 11) is 0. The SMILES string of the molecule is CCCCOCCCNCc1cccc(OCC(=O)O)c1. The molecule has 0 radical (unpaired) electrons. The second-order valence-corrected chi connectivity index (χ2v) is 4.83. The molecule has 0 spiro atoms. The maximum absolute atomic E-state index is 10.4. The van der Waals surface area contributed by atoms with Gasteiger partial charge in [0, 0.05) is 19.8 Å². The van der Waals surface area contributed by atoms with Crippen LogP contribution in [0.4, 0.5) is 0 Å². The minimum atomic E-state index is -0.971. The molecular formula is C16H25NO4. The fourth-order valence-electron chi connectivity index (χ4n) is 1.77. The Kier molecular flexibility index (Phi) is 9.24. The summed E-state index contributed by atoms with van der Waals surface area (Å²) in [6.45, 7) is 5.10. The van der Waals surface area contributed by atoms with E-state index in [0.717, 1.165) is 44.7 Å². The average Bonchev–Trinajstić information content (AvgIpc) is 2.48. The van der Waals surface area contributed by atoms with Gasteiger partial charge >= 0.3 is 5.97 Å². The molecule has 2 N–H and O–H groups in total. The van der Waals surface area contributed by atoms with Gasteiger partial charge in [-0.15, -0.1) is 0 Å². The number of unbranched alkanes of at least 4 members (excludes halogenated alkanes) is 1. The second kappa shape index (κ2) is 11.1. The van der Waals surface area contributed by atoms with Crippen LogP contribution in [0.2, 0.25) is 0 Å². The van der Waals surface area contributed by atoms with Crippen molar-refractivity contribution in [1.29, 1.82) is 0 Å². The van der Waals surface area contributed by atoms with Gasteiger partial charge in [-0.2, -0.15) is 0 Å². The Balaban J connectivity index is 2.14. The van der Waals surface area contributed by atoms with Crippen molar-refractivity contribution in [2.24, 2.45) is 0 Å². The van der Waals surface area contributed by atoms with Gasteiger partial charge in [-0.05, 0) is 37.1 Å². The minimum absolute atomic E-state index is 0.314. The van der Waals surface area contributed by atoms with Crippen LogP contribution in [0.1, 0.15) is 31.7 Å². The van der Waals surface area contributed by atoms with Gasteiger partial charge < -0.3 is 19.9 Å². The number of carboxylic acids is 1. The summed E-state index contributed by atoms with van der Waals surface area (Å²) in [5.74, 6) is -0.388. The van der Waals surface area contributed by atoms with Crippen molar-refractivity contribution in [1.82, 2.24) is 5.32 Å². The maximum Gasteiger partial charge on any atom is 0.341 e. The molecule has 0 fully saturated rings. The third kappa shape index (κ3) is 9.05. The summed E-state index contributed by atoms with van der Waals surface area (Å²) in [5.41, 5.74) is 1.07. The molecule has 1 aromatic rings. The van der Waals surface area contributed by atoms with E-state index in [1.165, 1.54) is 6.42 Å². The van der Waals surface area contributed by atoms with E-state index in [4.69, 9.17) is 14.6 Å². The lowest BCUT2D eigenvalue weighted by molar-refractivity contribution is -0.139. The maximum atomic E-state index is 10.4. The third-order valence-electron chi connectivity index (χ3n) is 2.87. The minimum Gasteiger partial charge on any atom is -0.482 e. The lowest BCUT2D eigenvalue weighted by Gasteiger charge is -2.08. The summed E-state index contributed by atoms with van der Waals surface area (Å²) in [6, 6.07) is 7.46. The number of nitrogens with one attached hydrogen (secondary N) is 1. The fourth-order valence-corrected chi connectivity index (χ4v) is 1.77. The molecule has 0 atom stereocenters. The predicted molar refractivity (Wildman–Crippen MR) is 81.6 cm³/mol. The number of carboxylic acid groups (broad SMARTS) is 1. The van der Waals surface area contributed by atoms with Crippen molar-refractivity contribution in [2.75, 3.05) is 26.4 Å². The van der Waals surface area contributed by atoms with Crippen LogP contribution in [0.5, 0.6) is 5.75 Å². The molecule has 0 aromatic heterocycles. The monoisotopic (exact) mass is 295 g/mol. The topological polar surface area (TPSA) is 67.8 Å². The number of hydrogen-bond donors (Lipinski definition) is 2. The molecule has 5 nitrogen and oxygen atoms in total. The molecule has 1 aromatic carbocycles. The highest BCUT2D eigenvalue weighted by Crippen LogP contribution is 2.13. The van der Waals surface area contributed by atoms with Gasteiger partial charge in [0.05, 0.1) is 0 Å². The predicted octanol–water partition coefficient (Wildman–Crippen LogP) is 2.45. The largest absolute Gasteiger partial charge is 0.482 e. The molecule has 0 bridgehead atoms. The Hall–Kier alpha value is -1.59. The van der Waals surface area contributed by atoms with Gasteiger partial charge in [-0.3, -0.25) is 0 Å². The van der Waals surface area contributed by atoms with Gasteiger partial charge in [0.1, 0.15) is 5.75 Å². The second-order valence-electron chi connectivity index (χ2n) is 4.83. The van der Waals surface area contributed by atoms with Crippen molar-refractivity contribution >= 4 is 5.97 Å². The molecule has 0 aliphatic carbocycles. The van der Waals surface area contributed by atoms with Crippen LogP contribution in [0, 0.1) is 0 Å². The molecule has 1 rings (SSSR count). The average molecular weight is 295 g/mol. The first-order chi connectivity index (χ1) is 10.2. The highest BCUT2D eigenvalue weighted by molar-refractivity contribution is 5.68. The number of aliphatic carboxylic acids is 1. The normalized spacial score (nSPS) is 10.5. The van der Waals surface area contributed by atoms with Crippen LogP contribution in [-0.2, 0) is 16.1 Å². The van der Waals surface area contributed by atoms with E-state index in [9.17, 15) is 4.79 Å². The van der Waals surface area contributed by atoms with Crippen LogP contribution < -0.4 is 10.1 Å². The van der Waals surface area contributed by atoms with E-state index in [2.05, 4.69) is 12.2 Å². The zero-order valence-corrected chi connectivity index (χ0v) is 12.6. The zero-order chi connectivity index (χ0) is 15.3. The number of benzene rings is 1. The number of hydrogen-bond acceptors (Lipinski definition) is 4. The zero-order valence-electron chi connectivity index (χ0n) is 12.6. The molecule has 0 aliphatic heterocycles. The molecule has 118 valence electrons. The summed E-state index contributed by atoms with van der Waals surface area (Å²) in [4.78, 5) is 10.4. The third-order valence-corrected chi connectivity index (χ3v) is 2.87. The molecule has 0 saturated heterocycles. The summed E-state index contributed by atoms with van der Waals surface area (Å²) in [6.07, 6.45) is 3.27. The highest BCUT2D eigenvalue weighted by Gasteiger charge is 2.00. The molecule has 0 unspecified atom stereocenters. The first kappa shape index (κ1) is 17.5. The molecule has 0 saturated carbocycles. The van der Waals surface area contributed by atoms with Crippen molar-refractivity contribution in [3.8, 4) is 5.75 Å². The van der Waals surface area contributed by atoms with Crippen molar-refractivity contribution in [3.05, 3.63) is 29.8 Å². The van der Waals surface area contributed by atoms with Crippen molar-refractivity contribution in [3.63, 3.8) is 0 Å². The lowest BCUT2D eigenvalue weighted by atomic mass is 10.2.